The largest absolute Gasteiger partial charge is 0.493 e. The Labute approximate surface area is 201 Å². The van der Waals surface area contributed by atoms with Gasteiger partial charge in [0.25, 0.3) is 0 Å². The topological polar surface area (TPSA) is 45.2 Å². The molecule has 1 saturated carbocycles. The Balaban J connectivity index is 1.10. The predicted octanol–water partition coefficient (Wildman–Crippen LogP) is 3.71. The molecule has 6 nitrogen and oxygen atoms in total. The molecule has 1 amide bonds. The van der Waals surface area contributed by atoms with Crippen molar-refractivity contribution in [3.8, 4) is 11.5 Å². The molecule has 1 aliphatic carbocycles. The Kier molecular flexibility index (Phi) is 6.63. The minimum Gasteiger partial charge on any atom is -0.493 e. The number of piperidine rings is 1. The molecule has 1 spiro atoms. The van der Waals surface area contributed by atoms with Gasteiger partial charge in [0.05, 0.1) is 14.2 Å². The average molecular weight is 470 g/mol. The summed E-state index contributed by atoms with van der Waals surface area (Å²) < 4.78 is 11.1. The van der Waals surface area contributed by atoms with Gasteiger partial charge >= 0.3 is 0 Å². The lowest BCUT2D eigenvalue weighted by atomic mass is 9.90. The second-order valence-electron chi connectivity index (χ2n) is 9.73. The Morgan fingerprint density at radius 3 is 2.39 bits per heavy atom. The van der Waals surface area contributed by atoms with E-state index < -0.39 is 0 Å². The molecule has 1 atom stereocenters. The number of rotatable bonds is 7. The van der Waals surface area contributed by atoms with Gasteiger partial charge in [-0.25, -0.2) is 0 Å². The average Bonchev–Trinajstić information content (AvgIpc) is 3.29. The number of carbonyl (C=O) groups excluding carboxylic acids is 1. The second kappa shape index (κ2) is 9.65. The van der Waals surface area contributed by atoms with Gasteiger partial charge in [0.15, 0.2) is 11.5 Å². The first-order valence-corrected chi connectivity index (χ1v) is 13.0. The standard InChI is InChI=1S/C26H35N3O3S/c1-31-23-7-3-5-20(24(23)32-2)18-27-10-8-26(9-11-27)17-22(26)25(30)29-14-12-28(13-15-29)19-21-6-4-16-33-21/h3-7,16,22H,8-15,17-19H2,1-2H3. The van der Waals surface area contributed by atoms with Crippen LogP contribution in [-0.2, 0) is 17.9 Å². The first kappa shape index (κ1) is 22.7. The first-order chi connectivity index (χ1) is 16.1. The van der Waals surface area contributed by atoms with Gasteiger partial charge in [-0.2, -0.15) is 0 Å². The van der Waals surface area contributed by atoms with Gasteiger partial charge in [0, 0.05) is 55.6 Å². The zero-order chi connectivity index (χ0) is 22.8. The third-order valence-electron chi connectivity index (χ3n) is 7.86. The lowest BCUT2D eigenvalue weighted by Crippen LogP contribution is -2.49. The Bertz CT molecular complexity index is 948. The van der Waals surface area contributed by atoms with Crippen LogP contribution in [0.15, 0.2) is 35.7 Å². The van der Waals surface area contributed by atoms with Gasteiger partial charge in [-0.15, -0.1) is 11.3 Å². The number of ether oxygens (including phenoxy) is 2. The highest BCUT2D eigenvalue weighted by atomic mass is 32.1. The Morgan fingerprint density at radius 1 is 0.970 bits per heavy atom. The normalized spacial score (nSPS) is 23.0. The van der Waals surface area contributed by atoms with Crippen LogP contribution in [0.1, 0.15) is 29.7 Å². The summed E-state index contributed by atoms with van der Waals surface area (Å²) >= 11 is 1.82. The molecule has 1 unspecified atom stereocenters. The molecule has 2 aliphatic heterocycles. The Hall–Kier alpha value is -2.09. The van der Waals surface area contributed by atoms with E-state index in [9.17, 15) is 4.79 Å². The van der Waals surface area contributed by atoms with E-state index in [1.165, 1.54) is 4.88 Å². The molecule has 178 valence electrons. The monoisotopic (exact) mass is 469 g/mol. The number of benzene rings is 1. The number of carbonyl (C=O) groups is 1. The summed E-state index contributed by atoms with van der Waals surface area (Å²) in [7, 11) is 3.38. The minimum absolute atomic E-state index is 0.245. The van der Waals surface area contributed by atoms with Crippen LogP contribution in [0.25, 0.3) is 0 Å². The number of likely N-dealkylation sites (tertiary alicyclic amines) is 1. The minimum atomic E-state index is 0.245. The van der Waals surface area contributed by atoms with Crippen molar-refractivity contribution in [2.24, 2.45) is 11.3 Å². The lowest BCUT2D eigenvalue weighted by Gasteiger charge is -2.36. The van der Waals surface area contributed by atoms with Gasteiger partial charge in [-0.1, -0.05) is 18.2 Å². The maximum absolute atomic E-state index is 13.2. The highest BCUT2D eigenvalue weighted by molar-refractivity contribution is 7.09. The number of thiophene rings is 1. The summed E-state index contributed by atoms with van der Waals surface area (Å²) in [4.78, 5) is 21.8. The van der Waals surface area contributed by atoms with Crippen molar-refractivity contribution in [1.82, 2.24) is 14.7 Å². The van der Waals surface area contributed by atoms with Crippen molar-refractivity contribution < 1.29 is 14.3 Å². The number of piperazine rings is 1. The predicted molar refractivity (Wildman–Crippen MR) is 131 cm³/mol. The molecule has 3 aliphatic rings. The first-order valence-electron chi connectivity index (χ1n) is 12.1. The zero-order valence-electron chi connectivity index (χ0n) is 19.8. The quantitative estimate of drug-likeness (QED) is 0.619. The van der Waals surface area contributed by atoms with E-state index in [2.05, 4.69) is 38.3 Å². The highest BCUT2D eigenvalue weighted by Crippen LogP contribution is 2.60. The maximum Gasteiger partial charge on any atom is 0.226 e. The second-order valence-corrected chi connectivity index (χ2v) is 10.8. The smallest absolute Gasteiger partial charge is 0.226 e. The van der Waals surface area contributed by atoms with Gasteiger partial charge in [0.2, 0.25) is 5.91 Å². The van der Waals surface area contributed by atoms with E-state index in [1.807, 2.05) is 23.5 Å². The number of hydrogen-bond acceptors (Lipinski definition) is 6. The van der Waals surface area contributed by atoms with Crippen molar-refractivity contribution in [1.29, 1.82) is 0 Å². The van der Waals surface area contributed by atoms with Crippen molar-refractivity contribution in [3.63, 3.8) is 0 Å². The van der Waals surface area contributed by atoms with Crippen LogP contribution in [-0.4, -0.2) is 74.1 Å². The summed E-state index contributed by atoms with van der Waals surface area (Å²) in [6.45, 7) is 7.68. The molecule has 33 heavy (non-hydrogen) atoms. The molecule has 0 N–H and O–H groups in total. The lowest BCUT2D eigenvalue weighted by molar-refractivity contribution is -0.135. The van der Waals surface area contributed by atoms with Crippen molar-refractivity contribution in [3.05, 3.63) is 46.2 Å². The molecule has 0 bridgehead atoms. The van der Waals surface area contributed by atoms with Crippen LogP contribution in [0.3, 0.4) is 0 Å². The molecule has 7 heteroatoms. The molecule has 1 aromatic heterocycles. The molecular formula is C26H35N3O3S. The van der Waals surface area contributed by atoms with Crippen LogP contribution in [0.5, 0.6) is 11.5 Å². The number of hydrogen-bond donors (Lipinski definition) is 0. The fourth-order valence-corrected chi connectivity index (χ4v) is 6.44. The summed E-state index contributed by atoms with van der Waals surface area (Å²) in [6, 6.07) is 10.4. The molecule has 2 aromatic rings. The SMILES string of the molecule is COc1cccc(CN2CCC3(CC2)CC3C(=O)N2CCN(Cc3cccs3)CC2)c1OC. The summed E-state index contributed by atoms with van der Waals surface area (Å²) in [5.41, 5.74) is 1.41. The highest BCUT2D eigenvalue weighted by Gasteiger charge is 2.59. The van der Waals surface area contributed by atoms with E-state index in [1.54, 1.807) is 14.2 Å². The van der Waals surface area contributed by atoms with Crippen LogP contribution < -0.4 is 9.47 Å². The van der Waals surface area contributed by atoms with Gasteiger partial charge in [0.1, 0.15) is 0 Å². The third-order valence-corrected chi connectivity index (χ3v) is 8.72. The van der Waals surface area contributed by atoms with E-state index >= 15 is 0 Å². The Morgan fingerprint density at radius 2 is 1.73 bits per heavy atom. The van der Waals surface area contributed by atoms with E-state index in [0.29, 0.717) is 5.91 Å². The summed E-state index contributed by atoms with van der Waals surface area (Å²) in [6.07, 6.45) is 3.32. The van der Waals surface area contributed by atoms with Crippen molar-refractivity contribution in [2.75, 3.05) is 53.5 Å². The molecular weight excluding hydrogens is 434 g/mol. The van der Waals surface area contributed by atoms with Crippen LogP contribution in [0.2, 0.25) is 0 Å². The van der Waals surface area contributed by atoms with Crippen LogP contribution in [0, 0.1) is 11.3 Å². The zero-order valence-corrected chi connectivity index (χ0v) is 20.6. The van der Waals surface area contributed by atoms with Gasteiger partial charge in [-0.05, 0) is 55.3 Å². The molecule has 1 aromatic carbocycles. The fraction of sp³-hybridized carbons (Fsp3) is 0.577. The number of methoxy groups -OCH3 is 2. The summed E-state index contributed by atoms with van der Waals surface area (Å²) in [5.74, 6) is 2.27. The molecule has 0 radical (unpaired) electrons. The molecule has 2 saturated heterocycles. The van der Waals surface area contributed by atoms with Crippen LogP contribution in [0.4, 0.5) is 0 Å². The number of amides is 1. The number of nitrogens with zero attached hydrogens (tertiary/aromatic N) is 3. The van der Waals surface area contributed by atoms with Crippen molar-refractivity contribution in [2.45, 2.75) is 32.4 Å². The van der Waals surface area contributed by atoms with Crippen LogP contribution >= 0.6 is 11.3 Å². The van der Waals surface area contributed by atoms with Gasteiger partial charge in [-0.3, -0.25) is 14.6 Å². The third kappa shape index (κ3) is 4.77. The molecule has 3 heterocycles. The van der Waals surface area contributed by atoms with E-state index in [4.69, 9.17) is 9.47 Å². The van der Waals surface area contributed by atoms with Gasteiger partial charge < -0.3 is 14.4 Å². The summed E-state index contributed by atoms with van der Waals surface area (Å²) in [5, 5.41) is 2.14. The number of para-hydroxylation sites is 1. The fourth-order valence-electron chi connectivity index (χ4n) is 5.69. The van der Waals surface area contributed by atoms with E-state index in [-0.39, 0.29) is 11.3 Å². The van der Waals surface area contributed by atoms with Crippen molar-refractivity contribution >= 4 is 17.2 Å². The van der Waals surface area contributed by atoms with E-state index in [0.717, 1.165) is 88.7 Å². The molecule has 3 fully saturated rings. The maximum atomic E-state index is 13.2. The molecule has 5 rings (SSSR count).